The summed E-state index contributed by atoms with van der Waals surface area (Å²) in [6.45, 7) is 6.48. The molecule has 1 saturated heterocycles. The molecule has 0 amide bonds. The van der Waals surface area contributed by atoms with Gasteiger partial charge in [-0.2, -0.15) is 0 Å². The molecular formula is C11H22N2O. The van der Waals surface area contributed by atoms with Crippen molar-refractivity contribution in [2.75, 3.05) is 33.3 Å². The lowest BCUT2D eigenvalue weighted by molar-refractivity contribution is -0.0335. The van der Waals surface area contributed by atoms with Crippen LogP contribution in [0.5, 0.6) is 0 Å². The fourth-order valence-electron chi connectivity index (χ4n) is 2.55. The van der Waals surface area contributed by atoms with Crippen LogP contribution in [-0.4, -0.2) is 49.8 Å². The monoisotopic (exact) mass is 198 g/mol. The Kier molecular flexibility index (Phi) is 3.10. The van der Waals surface area contributed by atoms with E-state index in [1.807, 2.05) is 0 Å². The predicted molar refractivity (Wildman–Crippen MR) is 57.5 cm³/mol. The highest BCUT2D eigenvalue weighted by Gasteiger charge is 2.37. The van der Waals surface area contributed by atoms with E-state index in [1.165, 1.54) is 25.8 Å². The van der Waals surface area contributed by atoms with Gasteiger partial charge in [0.05, 0.1) is 12.7 Å². The lowest BCUT2D eigenvalue weighted by Gasteiger charge is -2.46. The highest BCUT2D eigenvalue weighted by molar-refractivity contribution is 4.97. The zero-order valence-electron chi connectivity index (χ0n) is 9.38. The van der Waals surface area contributed by atoms with Crippen LogP contribution in [0.1, 0.15) is 26.2 Å². The summed E-state index contributed by atoms with van der Waals surface area (Å²) in [5, 5.41) is 3.49. The van der Waals surface area contributed by atoms with Crippen molar-refractivity contribution < 1.29 is 4.74 Å². The van der Waals surface area contributed by atoms with Crippen LogP contribution in [0.4, 0.5) is 0 Å². The second kappa shape index (κ2) is 4.17. The smallest absolute Gasteiger partial charge is 0.0674 e. The summed E-state index contributed by atoms with van der Waals surface area (Å²) in [5.41, 5.74) is 0.428. The van der Waals surface area contributed by atoms with Crippen LogP contribution in [0.2, 0.25) is 0 Å². The Morgan fingerprint density at radius 3 is 2.79 bits per heavy atom. The fraction of sp³-hybridized carbons (Fsp3) is 1.00. The summed E-state index contributed by atoms with van der Waals surface area (Å²) < 4.78 is 5.55. The highest BCUT2D eigenvalue weighted by atomic mass is 16.5. The van der Waals surface area contributed by atoms with Crippen molar-refractivity contribution in [1.82, 2.24) is 10.2 Å². The molecule has 1 heterocycles. The van der Waals surface area contributed by atoms with Gasteiger partial charge < -0.3 is 10.1 Å². The molecule has 0 aromatic carbocycles. The molecule has 0 radical (unpaired) electrons. The van der Waals surface area contributed by atoms with Crippen molar-refractivity contribution in [3.8, 4) is 0 Å². The van der Waals surface area contributed by atoms with Gasteiger partial charge in [-0.1, -0.05) is 0 Å². The predicted octanol–water partition coefficient (Wildman–Crippen LogP) is 0.849. The third-order valence-electron chi connectivity index (χ3n) is 3.69. The molecule has 1 atom stereocenters. The van der Waals surface area contributed by atoms with Crippen molar-refractivity contribution in [2.24, 2.45) is 0 Å². The van der Waals surface area contributed by atoms with Crippen molar-refractivity contribution in [3.05, 3.63) is 0 Å². The third-order valence-corrected chi connectivity index (χ3v) is 3.69. The van der Waals surface area contributed by atoms with E-state index in [1.54, 1.807) is 0 Å². The minimum atomic E-state index is 0.415. The minimum absolute atomic E-state index is 0.415. The van der Waals surface area contributed by atoms with E-state index in [0.29, 0.717) is 11.6 Å². The molecule has 2 aliphatic rings. The first-order valence-electron chi connectivity index (χ1n) is 5.77. The van der Waals surface area contributed by atoms with E-state index < -0.39 is 0 Å². The molecule has 82 valence electrons. The molecule has 3 nitrogen and oxygen atoms in total. The van der Waals surface area contributed by atoms with Crippen molar-refractivity contribution in [2.45, 2.75) is 37.8 Å². The Hall–Kier alpha value is -0.120. The summed E-state index contributed by atoms with van der Waals surface area (Å²) in [6.07, 6.45) is 4.49. The van der Waals surface area contributed by atoms with E-state index in [0.717, 1.165) is 19.7 Å². The van der Waals surface area contributed by atoms with Crippen LogP contribution in [0.25, 0.3) is 0 Å². The summed E-state index contributed by atoms with van der Waals surface area (Å²) in [5.74, 6) is 0. The maximum absolute atomic E-state index is 5.55. The summed E-state index contributed by atoms with van der Waals surface area (Å²) in [6, 6.07) is 0. The molecule has 3 heteroatoms. The molecule has 1 aliphatic heterocycles. The van der Waals surface area contributed by atoms with Crippen LogP contribution in [0.3, 0.4) is 0 Å². The largest absolute Gasteiger partial charge is 0.376 e. The van der Waals surface area contributed by atoms with Gasteiger partial charge in [0.15, 0.2) is 0 Å². The maximum atomic E-state index is 5.55. The van der Waals surface area contributed by atoms with E-state index >= 15 is 0 Å². The highest BCUT2D eigenvalue weighted by Crippen LogP contribution is 2.32. The lowest BCUT2D eigenvalue weighted by Crippen LogP contribution is -2.58. The number of ether oxygens (including phenoxy) is 1. The van der Waals surface area contributed by atoms with Gasteiger partial charge in [0.25, 0.3) is 0 Å². The lowest BCUT2D eigenvalue weighted by atomic mass is 9.76. The molecule has 2 rings (SSSR count). The van der Waals surface area contributed by atoms with Gasteiger partial charge in [0.2, 0.25) is 0 Å². The van der Waals surface area contributed by atoms with Gasteiger partial charge in [-0.05, 0) is 33.2 Å². The zero-order valence-corrected chi connectivity index (χ0v) is 9.38. The van der Waals surface area contributed by atoms with Gasteiger partial charge in [0, 0.05) is 25.2 Å². The Labute approximate surface area is 86.8 Å². The SMILES string of the molecule is CNC1(CN2CCOC(C)C2)CCC1. The molecule has 0 spiro atoms. The van der Waals surface area contributed by atoms with E-state index in [4.69, 9.17) is 4.74 Å². The average molecular weight is 198 g/mol. The average Bonchev–Trinajstić information content (AvgIpc) is 2.11. The molecular weight excluding hydrogens is 176 g/mol. The Morgan fingerprint density at radius 2 is 2.29 bits per heavy atom. The Morgan fingerprint density at radius 1 is 1.50 bits per heavy atom. The topological polar surface area (TPSA) is 24.5 Å². The zero-order chi connectivity index (χ0) is 10.0. The van der Waals surface area contributed by atoms with Gasteiger partial charge >= 0.3 is 0 Å². The number of nitrogens with one attached hydrogen (secondary N) is 1. The van der Waals surface area contributed by atoms with Crippen LogP contribution >= 0.6 is 0 Å². The first-order valence-corrected chi connectivity index (χ1v) is 5.77. The third kappa shape index (κ3) is 2.10. The normalized spacial score (nSPS) is 32.6. The molecule has 0 aromatic rings. The molecule has 1 N–H and O–H groups in total. The second-order valence-corrected chi connectivity index (χ2v) is 4.80. The van der Waals surface area contributed by atoms with Gasteiger partial charge in [-0.25, -0.2) is 0 Å². The maximum Gasteiger partial charge on any atom is 0.0674 e. The number of likely N-dealkylation sites (N-methyl/N-ethyl adjacent to an activating group) is 1. The van der Waals surface area contributed by atoms with Crippen LogP contribution in [-0.2, 0) is 4.74 Å². The molecule has 1 unspecified atom stereocenters. The molecule has 1 aliphatic carbocycles. The van der Waals surface area contributed by atoms with Gasteiger partial charge in [0.1, 0.15) is 0 Å². The summed E-state index contributed by atoms with van der Waals surface area (Å²) >= 11 is 0. The van der Waals surface area contributed by atoms with Crippen molar-refractivity contribution >= 4 is 0 Å². The van der Waals surface area contributed by atoms with Crippen molar-refractivity contribution in [3.63, 3.8) is 0 Å². The molecule has 0 aromatic heterocycles. The van der Waals surface area contributed by atoms with Gasteiger partial charge in [-0.15, -0.1) is 0 Å². The number of rotatable bonds is 3. The molecule has 0 bridgehead atoms. The van der Waals surface area contributed by atoms with Gasteiger partial charge in [-0.3, -0.25) is 4.90 Å². The van der Waals surface area contributed by atoms with E-state index in [2.05, 4.69) is 24.2 Å². The molecule has 14 heavy (non-hydrogen) atoms. The first kappa shape index (κ1) is 10.4. The first-order chi connectivity index (χ1) is 6.74. The Balaban J connectivity index is 1.83. The van der Waals surface area contributed by atoms with Crippen molar-refractivity contribution in [1.29, 1.82) is 0 Å². The Bertz CT molecular complexity index is 186. The molecule has 2 fully saturated rings. The number of hydrogen-bond acceptors (Lipinski definition) is 3. The quantitative estimate of drug-likeness (QED) is 0.727. The minimum Gasteiger partial charge on any atom is -0.376 e. The van der Waals surface area contributed by atoms with Crippen LogP contribution in [0, 0.1) is 0 Å². The summed E-state index contributed by atoms with van der Waals surface area (Å²) in [7, 11) is 2.10. The van der Waals surface area contributed by atoms with Crippen LogP contribution in [0.15, 0.2) is 0 Å². The second-order valence-electron chi connectivity index (χ2n) is 4.80. The standard InChI is InChI=1S/C11H22N2O/c1-10-8-13(6-7-14-10)9-11(12-2)4-3-5-11/h10,12H,3-9H2,1-2H3. The number of morpholine rings is 1. The summed E-state index contributed by atoms with van der Waals surface area (Å²) in [4.78, 5) is 2.55. The van der Waals surface area contributed by atoms with Crippen LogP contribution < -0.4 is 5.32 Å². The number of nitrogens with zero attached hydrogens (tertiary/aromatic N) is 1. The van der Waals surface area contributed by atoms with E-state index in [-0.39, 0.29) is 0 Å². The number of hydrogen-bond donors (Lipinski definition) is 1. The fourth-order valence-corrected chi connectivity index (χ4v) is 2.55. The van der Waals surface area contributed by atoms with E-state index in [9.17, 15) is 0 Å². The molecule has 1 saturated carbocycles.